The van der Waals surface area contributed by atoms with Gasteiger partial charge in [-0.1, -0.05) is 0 Å². The van der Waals surface area contributed by atoms with Gasteiger partial charge in [0.1, 0.15) is 12.0 Å². The van der Waals surface area contributed by atoms with Crippen molar-refractivity contribution in [3.63, 3.8) is 0 Å². The topological polar surface area (TPSA) is 54.5 Å². The summed E-state index contributed by atoms with van der Waals surface area (Å²) >= 11 is 0. The Labute approximate surface area is 63.3 Å². The molecule has 54 valence electrons. The van der Waals surface area contributed by atoms with E-state index in [1.807, 2.05) is 12.1 Å². The largest absolute Gasteiger partial charge is 0.285 e. The van der Waals surface area contributed by atoms with Crippen LogP contribution in [0.25, 0.3) is 11.4 Å². The van der Waals surface area contributed by atoms with Crippen molar-refractivity contribution < 1.29 is 0 Å². The molecular formula is C7H6N4. The maximum Gasteiger partial charge on any atom is 0.116 e. The molecule has 2 rings (SSSR count). The van der Waals surface area contributed by atoms with Crippen LogP contribution >= 0.6 is 0 Å². The molecule has 4 nitrogen and oxygen atoms in total. The molecule has 2 heterocycles. The average Bonchev–Trinajstić information content (AvgIpc) is 2.58. The normalized spacial score (nSPS) is 9.82. The Morgan fingerprint density at radius 2 is 2.18 bits per heavy atom. The van der Waals surface area contributed by atoms with Gasteiger partial charge in [-0.2, -0.15) is 5.10 Å². The number of aromatic nitrogens is 4. The van der Waals surface area contributed by atoms with Gasteiger partial charge in [-0.25, -0.2) is 9.97 Å². The predicted molar refractivity (Wildman–Crippen MR) is 39.6 cm³/mol. The van der Waals surface area contributed by atoms with E-state index in [0.29, 0.717) is 0 Å². The van der Waals surface area contributed by atoms with Crippen LogP contribution in [0.3, 0.4) is 0 Å². The zero-order valence-corrected chi connectivity index (χ0v) is 5.73. The molecule has 0 radical (unpaired) electrons. The summed E-state index contributed by atoms with van der Waals surface area (Å²) in [6, 6.07) is 3.68. The summed E-state index contributed by atoms with van der Waals surface area (Å²) in [5.74, 6) is 0. The molecule has 0 spiro atoms. The number of hydrogen-bond acceptors (Lipinski definition) is 3. The molecule has 0 aromatic carbocycles. The maximum atomic E-state index is 4.03. The van der Waals surface area contributed by atoms with Gasteiger partial charge < -0.3 is 0 Å². The molecule has 0 aliphatic carbocycles. The fourth-order valence-corrected chi connectivity index (χ4v) is 0.845. The third kappa shape index (κ3) is 1.10. The van der Waals surface area contributed by atoms with Crippen LogP contribution in [0, 0.1) is 0 Å². The summed E-state index contributed by atoms with van der Waals surface area (Å²) in [6.45, 7) is 0. The molecule has 2 aromatic rings. The Morgan fingerprint density at radius 3 is 2.82 bits per heavy atom. The van der Waals surface area contributed by atoms with Gasteiger partial charge in [0.25, 0.3) is 0 Å². The van der Waals surface area contributed by atoms with Crippen LogP contribution in [-0.2, 0) is 0 Å². The number of nitrogens with zero attached hydrogens (tertiary/aromatic N) is 3. The van der Waals surface area contributed by atoms with Gasteiger partial charge in [-0.05, 0) is 12.1 Å². The predicted octanol–water partition coefficient (Wildman–Crippen LogP) is 0.867. The fourth-order valence-electron chi connectivity index (χ4n) is 0.845. The Morgan fingerprint density at radius 1 is 1.18 bits per heavy atom. The van der Waals surface area contributed by atoms with Gasteiger partial charge in [0.15, 0.2) is 0 Å². The lowest BCUT2D eigenvalue weighted by Crippen LogP contribution is -1.83. The van der Waals surface area contributed by atoms with Gasteiger partial charge in [0.2, 0.25) is 0 Å². The Kier molecular flexibility index (Phi) is 1.37. The zero-order chi connectivity index (χ0) is 7.52. The van der Waals surface area contributed by atoms with Crippen LogP contribution in [0.2, 0.25) is 0 Å². The molecule has 0 saturated carbocycles. The van der Waals surface area contributed by atoms with E-state index >= 15 is 0 Å². The first-order valence-electron chi connectivity index (χ1n) is 3.23. The van der Waals surface area contributed by atoms with E-state index in [-0.39, 0.29) is 0 Å². The standard InChI is InChI=1S/C7H6N4/c1-3-8-5-9-6(1)7-2-4-10-11-7/h1-5H,(H,10,11). The minimum atomic E-state index is 0.834. The first-order valence-corrected chi connectivity index (χ1v) is 3.23. The van der Waals surface area contributed by atoms with Gasteiger partial charge in [0.05, 0.1) is 5.69 Å². The quantitative estimate of drug-likeness (QED) is 0.649. The lowest BCUT2D eigenvalue weighted by atomic mass is 10.3. The fraction of sp³-hybridized carbons (Fsp3) is 0. The molecule has 0 aliphatic rings. The van der Waals surface area contributed by atoms with Crippen molar-refractivity contribution >= 4 is 0 Å². The highest BCUT2D eigenvalue weighted by Crippen LogP contribution is 2.09. The molecule has 11 heavy (non-hydrogen) atoms. The summed E-state index contributed by atoms with van der Waals surface area (Å²) < 4.78 is 0. The van der Waals surface area contributed by atoms with Crippen molar-refractivity contribution in [1.82, 2.24) is 20.2 Å². The lowest BCUT2D eigenvalue weighted by molar-refractivity contribution is 1.08. The van der Waals surface area contributed by atoms with E-state index in [4.69, 9.17) is 0 Å². The highest BCUT2D eigenvalue weighted by atomic mass is 15.1. The molecule has 0 aliphatic heterocycles. The highest BCUT2D eigenvalue weighted by molar-refractivity contribution is 5.51. The number of nitrogens with one attached hydrogen (secondary N) is 1. The van der Waals surface area contributed by atoms with Crippen molar-refractivity contribution in [2.24, 2.45) is 0 Å². The Bertz CT molecular complexity index is 313. The van der Waals surface area contributed by atoms with E-state index < -0.39 is 0 Å². The van der Waals surface area contributed by atoms with Crippen molar-refractivity contribution in [2.45, 2.75) is 0 Å². The summed E-state index contributed by atoms with van der Waals surface area (Å²) in [5.41, 5.74) is 1.67. The third-order valence-corrected chi connectivity index (χ3v) is 1.35. The molecular weight excluding hydrogens is 140 g/mol. The number of H-pyrrole nitrogens is 1. The number of hydrogen-bond donors (Lipinski definition) is 1. The average molecular weight is 146 g/mol. The van der Waals surface area contributed by atoms with E-state index in [1.54, 1.807) is 12.4 Å². The summed E-state index contributed by atoms with van der Waals surface area (Å²) in [7, 11) is 0. The molecule has 0 fully saturated rings. The van der Waals surface area contributed by atoms with Crippen molar-refractivity contribution in [2.75, 3.05) is 0 Å². The smallest absolute Gasteiger partial charge is 0.116 e. The summed E-state index contributed by atoms with van der Waals surface area (Å²) in [4.78, 5) is 7.83. The van der Waals surface area contributed by atoms with Crippen LogP contribution in [-0.4, -0.2) is 20.2 Å². The second-order valence-corrected chi connectivity index (χ2v) is 2.05. The van der Waals surface area contributed by atoms with Crippen molar-refractivity contribution in [1.29, 1.82) is 0 Å². The van der Waals surface area contributed by atoms with Gasteiger partial charge in [0, 0.05) is 12.4 Å². The van der Waals surface area contributed by atoms with Gasteiger partial charge in [-0.3, -0.25) is 5.10 Å². The number of aromatic amines is 1. The van der Waals surface area contributed by atoms with E-state index in [1.165, 1.54) is 6.33 Å². The van der Waals surface area contributed by atoms with Crippen LogP contribution in [0.15, 0.2) is 30.9 Å². The molecule has 2 aromatic heterocycles. The van der Waals surface area contributed by atoms with Crippen molar-refractivity contribution in [3.8, 4) is 11.4 Å². The summed E-state index contributed by atoms with van der Waals surface area (Å²) in [5, 5.41) is 6.69. The summed E-state index contributed by atoms with van der Waals surface area (Å²) in [6.07, 6.45) is 4.96. The second-order valence-electron chi connectivity index (χ2n) is 2.05. The van der Waals surface area contributed by atoms with Crippen LogP contribution < -0.4 is 0 Å². The Balaban J connectivity index is 2.46. The van der Waals surface area contributed by atoms with Crippen LogP contribution in [0.1, 0.15) is 0 Å². The minimum Gasteiger partial charge on any atom is -0.285 e. The minimum absolute atomic E-state index is 0.834. The monoisotopic (exact) mass is 146 g/mol. The van der Waals surface area contributed by atoms with Crippen molar-refractivity contribution in [3.05, 3.63) is 30.9 Å². The first-order chi connectivity index (χ1) is 5.47. The molecule has 0 amide bonds. The second kappa shape index (κ2) is 2.49. The highest BCUT2D eigenvalue weighted by Gasteiger charge is 1.97. The Hall–Kier alpha value is -1.71. The molecule has 0 bridgehead atoms. The zero-order valence-electron chi connectivity index (χ0n) is 5.73. The van der Waals surface area contributed by atoms with E-state index in [0.717, 1.165) is 11.4 Å². The molecule has 4 heteroatoms. The number of rotatable bonds is 1. The molecule has 1 N–H and O–H groups in total. The maximum absolute atomic E-state index is 4.03. The van der Waals surface area contributed by atoms with Gasteiger partial charge in [-0.15, -0.1) is 0 Å². The SMILES string of the molecule is c1cc(-c2cc[nH]n2)ncn1. The first kappa shape index (κ1) is 6.03. The molecule has 0 atom stereocenters. The van der Waals surface area contributed by atoms with Gasteiger partial charge >= 0.3 is 0 Å². The van der Waals surface area contributed by atoms with E-state index in [9.17, 15) is 0 Å². The van der Waals surface area contributed by atoms with Crippen LogP contribution in [0.4, 0.5) is 0 Å². The van der Waals surface area contributed by atoms with E-state index in [2.05, 4.69) is 20.2 Å². The third-order valence-electron chi connectivity index (χ3n) is 1.35. The molecule has 0 saturated heterocycles. The molecule has 0 unspecified atom stereocenters. The lowest BCUT2D eigenvalue weighted by Gasteiger charge is -1.90. The van der Waals surface area contributed by atoms with Crippen LogP contribution in [0.5, 0.6) is 0 Å².